The first-order valence-corrected chi connectivity index (χ1v) is 9.88. The molecular weight excluding hydrogens is 322 g/mol. The van der Waals surface area contributed by atoms with E-state index in [-0.39, 0.29) is 5.91 Å². The van der Waals surface area contributed by atoms with Crippen molar-refractivity contribution in [2.45, 2.75) is 38.1 Å². The summed E-state index contributed by atoms with van der Waals surface area (Å²) in [6, 6.07) is 14.3. The summed E-state index contributed by atoms with van der Waals surface area (Å²) in [5, 5.41) is 3.30. The van der Waals surface area contributed by atoms with E-state index in [1.54, 1.807) is 12.2 Å². The number of amides is 1. The van der Waals surface area contributed by atoms with E-state index in [1.807, 2.05) is 42.5 Å². The summed E-state index contributed by atoms with van der Waals surface area (Å²) in [5.74, 6) is 4.83. The third-order valence-corrected chi connectivity index (χ3v) is 6.62. The van der Waals surface area contributed by atoms with Crippen molar-refractivity contribution in [1.29, 1.82) is 0 Å². The van der Waals surface area contributed by atoms with Crippen LogP contribution >= 0.6 is 0 Å². The number of carbonyl (C=O) groups is 1. The zero-order chi connectivity index (χ0) is 17.5. The number of hydrogen-bond acceptors (Lipinski definition) is 2. The second-order valence-electron chi connectivity index (χ2n) is 8.37. The van der Waals surface area contributed by atoms with Crippen molar-refractivity contribution in [3.63, 3.8) is 0 Å². The number of nitrogens with one attached hydrogen (secondary N) is 1. The van der Waals surface area contributed by atoms with E-state index in [1.165, 1.54) is 32.1 Å². The molecule has 0 spiro atoms. The van der Waals surface area contributed by atoms with E-state index >= 15 is 0 Å². The van der Waals surface area contributed by atoms with Crippen LogP contribution in [-0.2, 0) is 4.79 Å². The van der Waals surface area contributed by atoms with E-state index in [0.717, 1.165) is 23.2 Å². The zero-order valence-corrected chi connectivity index (χ0v) is 14.9. The maximum absolute atomic E-state index is 12.4. The highest BCUT2D eigenvalue weighted by atomic mass is 16.3. The fraction of sp³-hybridized carbons (Fsp3) is 0.435. The zero-order valence-electron chi connectivity index (χ0n) is 14.9. The van der Waals surface area contributed by atoms with E-state index in [9.17, 15) is 4.79 Å². The van der Waals surface area contributed by atoms with Gasteiger partial charge in [0.25, 0.3) is 0 Å². The summed E-state index contributed by atoms with van der Waals surface area (Å²) in [6.45, 7) is 0. The molecule has 134 valence electrons. The molecule has 4 aliphatic rings. The topological polar surface area (TPSA) is 42.2 Å². The smallest absolute Gasteiger partial charge is 0.244 e. The van der Waals surface area contributed by atoms with Crippen molar-refractivity contribution in [3.8, 4) is 11.3 Å². The van der Waals surface area contributed by atoms with Gasteiger partial charge in [-0.15, -0.1) is 0 Å². The standard InChI is InChI=1S/C23H25NO2/c25-22(24-23-18-11-15-10-16(13-18)14-19(23)12-15)9-7-20-6-8-21(26-20)17-4-2-1-3-5-17/h1-9,15-16,18-19,23H,10-14H2,(H,24,25)/b9-7+. The molecule has 4 fully saturated rings. The predicted molar refractivity (Wildman–Crippen MR) is 102 cm³/mol. The van der Waals surface area contributed by atoms with Gasteiger partial charge in [0.2, 0.25) is 5.91 Å². The van der Waals surface area contributed by atoms with Gasteiger partial charge in [-0.3, -0.25) is 4.79 Å². The van der Waals surface area contributed by atoms with Crippen LogP contribution in [0.15, 0.2) is 53.0 Å². The average molecular weight is 347 g/mol. The Morgan fingerprint density at radius 2 is 1.62 bits per heavy atom. The van der Waals surface area contributed by atoms with Crippen molar-refractivity contribution in [2.24, 2.45) is 23.7 Å². The summed E-state index contributed by atoms with van der Waals surface area (Å²) < 4.78 is 5.84. The van der Waals surface area contributed by atoms with Crippen LogP contribution in [0.1, 0.15) is 37.9 Å². The third kappa shape index (κ3) is 3.00. The van der Waals surface area contributed by atoms with Crippen molar-refractivity contribution >= 4 is 12.0 Å². The lowest BCUT2D eigenvalue weighted by Gasteiger charge is -2.54. The van der Waals surface area contributed by atoms with Gasteiger partial charge < -0.3 is 9.73 Å². The van der Waals surface area contributed by atoms with Crippen LogP contribution in [0, 0.1) is 23.7 Å². The molecule has 2 aromatic rings. The van der Waals surface area contributed by atoms with Gasteiger partial charge in [-0.1, -0.05) is 30.3 Å². The Morgan fingerprint density at radius 3 is 2.31 bits per heavy atom. The van der Waals surface area contributed by atoms with Crippen LogP contribution in [0.4, 0.5) is 0 Å². The summed E-state index contributed by atoms with van der Waals surface area (Å²) in [7, 11) is 0. The Hall–Kier alpha value is -2.29. The van der Waals surface area contributed by atoms with Crippen molar-refractivity contribution in [3.05, 3.63) is 54.3 Å². The van der Waals surface area contributed by atoms with Gasteiger partial charge in [0, 0.05) is 17.7 Å². The van der Waals surface area contributed by atoms with Gasteiger partial charge in [0.1, 0.15) is 11.5 Å². The highest BCUT2D eigenvalue weighted by Crippen LogP contribution is 2.53. The Bertz CT molecular complexity index is 792. The molecule has 0 radical (unpaired) electrons. The Labute approximate surface area is 154 Å². The SMILES string of the molecule is O=C(/C=C/c1ccc(-c2ccccc2)o1)NC1C2CC3CC(C2)CC1C3. The fourth-order valence-corrected chi connectivity index (χ4v) is 5.73. The molecule has 4 aliphatic carbocycles. The first-order valence-electron chi connectivity index (χ1n) is 9.88. The Morgan fingerprint density at radius 1 is 0.923 bits per heavy atom. The molecule has 1 aromatic heterocycles. The summed E-state index contributed by atoms with van der Waals surface area (Å²) in [6.07, 6.45) is 10.1. The quantitative estimate of drug-likeness (QED) is 0.799. The van der Waals surface area contributed by atoms with Crippen LogP contribution in [0.25, 0.3) is 17.4 Å². The molecule has 1 heterocycles. The van der Waals surface area contributed by atoms with E-state index in [2.05, 4.69) is 5.32 Å². The fourth-order valence-electron chi connectivity index (χ4n) is 5.73. The molecule has 0 atom stereocenters. The first kappa shape index (κ1) is 15.9. The maximum atomic E-state index is 12.4. The largest absolute Gasteiger partial charge is 0.457 e. The molecule has 3 nitrogen and oxygen atoms in total. The minimum Gasteiger partial charge on any atom is -0.457 e. The minimum absolute atomic E-state index is 0.0140. The van der Waals surface area contributed by atoms with Crippen LogP contribution in [0.2, 0.25) is 0 Å². The van der Waals surface area contributed by atoms with Crippen molar-refractivity contribution in [2.75, 3.05) is 0 Å². The molecule has 6 rings (SSSR count). The molecule has 0 saturated heterocycles. The maximum Gasteiger partial charge on any atom is 0.244 e. The number of hydrogen-bond donors (Lipinski definition) is 1. The van der Waals surface area contributed by atoms with Gasteiger partial charge in [0.05, 0.1) is 0 Å². The molecule has 1 aromatic carbocycles. The lowest BCUT2D eigenvalue weighted by Crippen LogP contribution is -2.55. The van der Waals surface area contributed by atoms with Gasteiger partial charge in [0.15, 0.2) is 0 Å². The highest BCUT2D eigenvalue weighted by Gasteiger charge is 2.48. The number of carbonyl (C=O) groups excluding carboxylic acids is 1. The summed E-state index contributed by atoms with van der Waals surface area (Å²) >= 11 is 0. The second-order valence-corrected chi connectivity index (χ2v) is 8.37. The van der Waals surface area contributed by atoms with Gasteiger partial charge >= 0.3 is 0 Å². The Kier molecular flexibility index (Phi) is 3.96. The molecular formula is C23H25NO2. The summed E-state index contributed by atoms with van der Waals surface area (Å²) in [5.41, 5.74) is 1.05. The van der Waals surface area contributed by atoms with Crippen molar-refractivity contribution in [1.82, 2.24) is 5.32 Å². The van der Waals surface area contributed by atoms with Crippen LogP contribution in [0.5, 0.6) is 0 Å². The van der Waals surface area contributed by atoms with Gasteiger partial charge in [-0.25, -0.2) is 0 Å². The van der Waals surface area contributed by atoms with E-state index < -0.39 is 0 Å². The number of rotatable bonds is 4. The predicted octanol–water partition coefficient (Wildman–Crippen LogP) is 4.90. The molecule has 1 amide bonds. The number of benzene rings is 1. The van der Waals surface area contributed by atoms with Crippen molar-refractivity contribution < 1.29 is 9.21 Å². The Balaban J connectivity index is 1.23. The molecule has 1 N–H and O–H groups in total. The van der Waals surface area contributed by atoms with Crippen LogP contribution in [0.3, 0.4) is 0 Å². The molecule has 3 heteroatoms. The molecule has 0 aliphatic heterocycles. The lowest BCUT2D eigenvalue weighted by molar-refractivity contribution is -0.120. The van der Waals surface area contributed by atoms with Gasteiger partial charge in [-0.05, 0) is 74.0 Å². The highest BCUT2D eigenvalue weighted by molar-refractivity contribution is 5.91. The normalized spacial score (nSPS) is 32.2. The first-order chi connectivity index (χ1) is 12.7. The van der Waals surface area contributed by atoms with Gasteiger partial charge in [-0.2, -0.15) is 0 Å². The third-order valence-electron chi connectivity index (χ3n) is 6.62. The lowest BCUT2D eigenvalue weighted by atomic mass is 9.54. The monoisotopic (exact) mass is 347 g/mol. The van der Waals surface area contributed by atoms with E-state index in [0.29, 0.717) is 23.6 Å². The molecule has 26 heavy (non-hydrogen) atoms. The van der Waals surface area contributed by atoms with Crippen LogP contribution in [-0.4, -0.2) is 11.9 Å². The minimum atomic E-state index is 0.0140. The molecule has 0 unspecified atom stereocenters. The molecule has 4 saturated carbocycles. The number of furan rings is 1. The molecule has 4 bridgehead atoms. The van der Waals surface area contributed by atoms with Crippen LogP contribution < -0.4 is 5.32 Å². The average Bonchev–Trinajstić information content (AvgIpc) is 3.12. The van der Waals surface area contributed by atoms with E-state index in [4.69, 9.17) is 4.42 Å². The summed E-state index contributed by atoms with van der Waals surface area (Å²) in [4.78, 5) is 12.4. The second kappa shape index (κ2) is 6.46.